The van der Waals surface area contributed by atoms with E-state index >= 15 is 0 Å². The molecule has 0 radical (unpaired) electrons. The largest absolute Gasteiger partial charge is 0.388 e. The van der Waals surface area contributed by atoms with E-state index in [2.05, 4.69) is 119 Å². The van der Waals surface area contributed by atoms with Crippen molar-refractivity contribution in [3.63, 3.8) is 0 Å². The number of Topliss-reactive ketones (excluding diaryl/α,β-unsaturated/α-hetero) is 1. The van der Waals surface area contributed by atoms with Gasteiger partial charge in [0.15, 0.2) is 5.78 Å². The number of fused-ring (bicyclic) bond motifs is 3. The number of hydrogen-bond donors (Lipinski definition) is 4. The summed E-state index contributed by atoms with van der Waals surface area (Å²) in [5.74, 6) is 1.76. The number of carbonyl (C=O) groups is 1. The van der Waals surface area contributed by atoms with Gasteiger partial charge < -0.3 is 20.4 Å². The molecule has 8 aromatic carbocycles. The predicted molar refractivity (Wildman–Crippen MR) is 384 cm³/mol. The molecule has 4 fully saturated rings. The minimum atomic E-state index is -0.485. The maximum Gasteiger partial charge on any atom is 0.163 e. The van der Waals surface area contributed by atoms with Gasteiger partial charge >= 0.3 is 0 Å². The van der Waals surface area contributed by atoms with Gasteiger partial charge in [-0.2, -0.15) is 0 Å². The number of ketones is 1. The molecular weight excluding hydrogens is 1120 g/mol. The highest BCUT2D eigenvalue weighted by molar-refractivity contribution is 6.00. The fourth-order valence-corrected chi connectivity index (χ4v) is 14.4. The molecule has 7 aliphatic rings. The van der Waals surface area contributed by atoms with Crippen molar-refractivity contribution in [3.8, 4) is 0 Å². The highest BCUT2D eigenvalue weighted by Crippen LogP contribution is 2.53. The first-order chi connectivity index (χ1) is 44.7. The number of hydrogen-bond acceptors (Lipinski definition) is 5. The summed E-state index contributed by atoms with van der Waals surface area (Å²) >= 11 is 0. The summed E-state index contributed by atoms with van der Waals surface area (Å²) in [7, 11) is 0. The van der Waals surface area contributed by atoms with Crippen molar-refractivity contribution in [1.82, 2.24) is 0 Å². The van der Waals surface area contributed by atoms with Gasteiger partial charge in [0, 0.05) is 17.4 Å². The van der Waals surface area contributed by atoms with E-state index in [1.807, 2.05) is 133 Å². The number of benzene rings is 8. The Kier molecular flexibility index (Phi) is 28.8. The Morgan fingerprint density at radius 1 is 0.457 bits per heavy atom. The molecule has 92 heavy (non-hydrogen) atoms. The van der Waals surface area contributed by atoms with Crippen molar-refractivity contribution >= 4 is 5.78 Å². The van der Waals surface area contributed by atoms with Gasteiger partial charge in [-0.3, -0.25) is 4.79 Å². The minimum absolute atomic E-state index is 0.191. The van der Waals surface area contributed by atoms with Crippen molar-refractivity contribution in [3.05, 3.63) is 286 Å². The molecule has 8 aromatic rings. The summed E-state index contributed by atoms with van der Waals surface area (Å²) in [5, 5.41) is 39.8. The van der Waals surface area contributed by atoms with E-state index in [0.29, 0.717) is 23.5 Å². The molecule has 5 nitrogen and oxygen atoms in total. The molecule has 0 amide bonds. The van der Waals surface area contributed by atoms with Gasteiger partial charge in [-0.25, -0.2) is 0 Å². The van der Waals surface area contributed by atoms with Crippen molar-refractivity contribution in [2.75, 3.05) is 0 Å². The molecule has 0 saturated heterocycles. The Bertz CT molecular complexity index is 3270. The summed E-state index contributed by atoms with van der Waals surface area (Å²) in [6.45, 7) is 8.88. The molecule has 4 saturated carbocycles. The highest BCUT2D eigenvalue weighted by Gasteiger charge is 2.43. The monoisotopic (exact) mass is 1230 g/mol. The van der Waals surface area contributed by atoms with E-state index in [9.17, 15) is 25.2 Å². The zero-order valence-corrected chi connectivity index (χ0v) is 56.3. The maximum absolute atomic E-state index is 11.1. The Morgan fingerprint density at radius 2 is 0.935 bits per heavy atom. The van der Waals surface area contributed by atoms with Crippen LogP contribution in [0.15, 0.2) is 224 Å². The van der Waals surface area contributed by atoms with Crippen LogP contribution in [0.3, 0.4) is 0 Å². The third kappa shape index (κ3) is 21.9. The summed E-state index contributed by atoms with van der Waals surface area (Å²) in [6, 6.07) is 76.2. The quantitative estimate of drug-likeness (QED) is 0.115. The van der Waals surface area contributed by atoms with E-state index in [0.717, 1.165) is 78.7 Å². The second-order valence-corrected chi connectivity index (χ2v) is 28.0. The van der Waals surface area contributed by atoms with Gasteiger partial charge in [0.25, 0.3) is 0 Å². The second kappa shape index (κ2) is 37.2. The average molecular weight is 1240 g/mol. The molecule has 3 unspecified atom stereocenters. The zero-order valence-electron chi connectivity index (χ0n) is 56.3. The molecule has 0 aromatic heterocycles. The van der Waals surface area contributed by atoms with Gasteiger partial charge in [0.1, 0.15) is 0 Å². The molecule has 0 aliphatic heterocycles. The van der Waals surface area contributed by atoms with Crippen molar-refractivity contribution < 1.29 is 25.2 Å². The Hall–Kier alpha value is -6.73. The van der Waals surface area contributed by atoms with E-state index in [1.54, 1.807) is 11.1 Å². The normalized spacial score (nSPS) is 18.6. The van der Waals surface area contributed by atoms with Crippen molar-refractivity contribution in [2.24, 2.45) is 17.3 Å². The third-order valence-corrected chi connectivity index (χ3v) is 20.3. The minimum Gasteiger partial charge on any atom is -0.388 e. The van der Waals surface area contributed by atoms with Gasteiger partial charge in [0.2, 0.25) is 0 Å². The van der Waals surface area contributed by atoms with E-state index in [-0.39, 0.29) is 23.7 Å². The van der Waals surface area contributed by atoms with Crippen LogP contribution in [-0.2, 0) is 43.1 Å². The van der Waals surface area contributed by atoms with Gasteiger partial charge in [-0.1, -0.05) is 316 Å². The van der Waals surface area contributed by atoms with Gasteiger partial charge in [-0.15, -0.1) is 0 Å². The van der Waals surface area contributed by atoms with Gasteiger partial charge in [-0.05, 0) is 169 Å². The first kappa shape index (κ1) is 71.1. The molecular formula is C87H110O5. The fourth-order valence-electron chi connectivity index (χ4n) is 14.4. The number of rotatable bonds is 9. The topological polar surface area (TPSA) is 98.0 Å². The van der Waals surface area contributed by atoms with Crippen LogP contribution in [0, 0.1) is 17.3 Å². The van der Waals surface area contributed by atoms with Crippen LogP contribution in [0.4, 0.5) is 0 Å². The smallest absolute Gasteiger partial charge is 0.163 e. The molecule has 3 atom stereocenters. The molecule has 0 bridgehead atoms. The third-order valence-electron chi connectivity index (χ3n) is 20.3. The van der Waals surface area contributed by atoms with E-state index < -0.39 is 5.60 Å². The Balaban J connectivity index is 0.000000136. The van der Waals surface area contributed by atoms with Crippen LogP contribution in [0.1, 0.15) is 247 Å². The maximum atomic E-state index is 11.1. The molecule has 488 valence electrons. The molecule has 0 spiro atoms. The number of carbonyl (C=O) groups excluding carboxylic acids is 1. The van der Waals surface area contributed by atoms with E-state index in [4.69, 9.17) is 0 Å². The van der Waals surface area contributed by atoms with Crippen LogP contribution in [0.5, 0.6) is 0 Å². The SMILES string of the molecule is CC(C)(C)c1ccccc1.CCCC1(C(O)c2ccccc2)CCC1.O=C1CCc2ccccc21.OC(c1ccccc1)C1CCCCC1.OC1(c2ccccc2)CCC1.OC1CCc2ccccc21.c1ccc(CC2CCCCC2)cc1.c1ccc2c(c1)CCC2. The summed E-state index contributed by atoms with van der Waals surface area (Å²) < 4.78 is 0. The number of aliphatic hydroxyl groups excluding tert-OH is 3. The van der Waals surface area contributed by atoms with Crippen LogP contribution >= 0.6 is 0 Å². The first-order valence-corrected chi connectivity index (χ1v) is 35.5. The lowest BCUT2D eigenvalue weighted by Crippen LogP contribution is -2.35. The Labute approximate surface area is 554 Å². The van der Waals surface area contributed by atoms with Crippen LogP contribution in [0.25, 0.3) is 0 Å². The number of aliphatic hydroxyl groups is 4. The summed E-state index contributed by atoms with van der Waals surface area (Å²) in [5.41, 5.74) is 13.9. The van der Waals surface area contributed by atoms with Gasteiger partial charge in [0.05, 0.1) is 23.9 Å². The highest BCUT2D eigenvalue weighted by atomic mass is 16.3. The van der Waals surface area contributed by atoms with Crippen LogP contribution < -0.4 is 0 Å². The van der Waals surface area contributed by atoms with Crippen LogP contribution in [0.2, 0.25) is 0 Å². The summed E-state index contributed by atoms with van der Waals surface area (Å²) in [6.07, 6.45) is 30.7. The lowest BCUT2D eigenvalue weighted by molar-refractivity contribution is -0.0440. The molecule has 4 N–H and O–H groups in total. The van der Waals surface area contributed by atoms with Crippen molar-refractivity contribution in [1.29, 1.82) is 0 Å². The predicted octanol–water partition coefficient (Wildman–Crippen LogP) is 21.5. The first-order valence-electron chi connectivity index (χ1n) is 35.5. The standard InChI is InChI=1S/C14H20O.C13H18O.C13H18.C10H12O.C10H14.C9H10O.C9H8O.C9H10/c1-2-9-14(10-6-11-14)13(15)12-7-4-3-5-8-12;14-13(11-7-3-1-4-8-11)12-9-5-2-6-10-12;1-3-7-12(8-4-1)11-13-9-5-2-6-10-13;11-10(7-4-8-10)9-5-2-1-3-6-9;1-10(2,3)9-7-5-4-6-8-9;2*10-9-6-5-7-3-1-2-4-8(7)9;1-2-5-9-7-3-6-8(9)4-1/h3-5,7-8,13,15H,2,6,9-11H2,1H3;1,3-4,7-8,12-14H,2,5-6,9-10H2;1,3-4,7-8,13H,2,5-6,9-11H2;1-3,5-6,11H,4,7-8H2;4-8H,1-3H3;1-4,9-10H,5-6H2;1-4H,5-6H2;1-2,4-5H,3,6-7H2. The Morgan fingerprint density at radius 3 is 1.43 bits per heavy atom. The lowest BCUT2D eigenvalue weighted by atomic mass is 9.61. The molecule has 5 heteroatoms. The van der Waals surface area contributed by atoms with E-state index in [1.165, 1.54) is 138 Å². The second-order valence-electron chi connectivity index (χ2n) is 28.0. The lowest BCUT2D eigenvalue weighted by Gasteiger charge is -2.46. The average Bonchev–Trinajstić information content (AvgIpc) is 1.39. The fraction of sp³-hybridized carbons (Fsp3) is 0.437. The summed E-state index contributed by atoms with van der Waals surface area (Å²) in [4.78, 5) is 11.1. The molecule has 15 rings (SSSR count). The molecule has 7 aliphatic carbocycles. The zero-order chi connectivity index (χ0) is 64.9. The molecule has 0 heterocycles. The number of aryl methyl sites for hydroxylation is 4. The van der Waals surface area contributed by atoms with Crippen molar-refractivity contribution in [2.45, 2.75) is 224 Å². The van der Waals surface area contributed by atoms with Crippen LogP contribution in [-0.4, -0.2) is 26.2 Å².